The molecule has 1 amide bonds. The van der Waals surface area contributed by atoms with Crippen LogP contribution in [0.1, 0.15) is 37.5 Å². The van der Waals surface area contributed by atoms with Gasteiger partial charge >= 0.3 is 0 Å². The largest absolute Gasteiger partial charge is 0.325 e. The van der Waals surface area contributed by atoms with Gasteiger partial charge < -0.3 is 5.32 Å². The third kappa shape index (κ3) is 3.07. The van der Waals surface area contributed by atoms with Crippen LogP contribution in [0.4, 0.5) is 5.69 Å². The minimum Gasteiger partial charge on any atom is -0.325 e. The molecule has 0 aliphatic rings. The molecule has 1 N–H and O–H groups in total. The highest BCUT2D eigenvalue weighted by atomic mass is 16.2. The molecule has 3 heteroatoms. The molecule has 1 aromatic rings. The van der Waals surface area contributed by atoms with Gasteiger partial charge in [-0.3, -0.25) is 4.79 Å². The molecule has 0 unspecified atom stereocenters. The van der Waals surface area contributed by atoms with Crippen molar-refractivity contribution in [1.82, 2.24) is 0 Å². The molecule has 0 atom stereocenters. The molecule has 0 aliphatic heterocycles. The zero-order valence-electron chi connectivity index (χ0n) is 11.0. The van der Waals surface area contributed by atoms with E-state index in [1.165, 1.54) is 0 Å². The number of aryl methyl sites for hydroxylation is 2. The Morgan fingerprint density at radius 1 is 1.24 bits per heavy atom. The van der Waals surface area contributed by atoms with Gasteiger partial charge in [0, 0.05) is 11.1 Å². The first-order chi connectivity index (χ1) is 7.75. The highest BCUT2D eigenvalue weighted by Crippen LogP contribution is 2.24. The lowest BCUT2D eigenvalue weighted by molar-refractivity contribution is -0.123. The quantitative estimate of drug-likeness (QED) is 0.805. The van der Waals surface area contributed by atoms with Crippen molar-refractivity contribution < 1.29 is 4.79 Å². The van der Waals surface area contributed by atoms with Gasteiger partial charge in [-0.05, 0) is 37.1 Å². The van der Waals surface area contributed by atoms with Gasteiger partial charge in [-0.25, -0.2) is 0 Å². The van der Waals surface area contributed by atoms with Crippen LogP contribution < -0.4 is 5.32 Å². The Balaban J connectivity index is 3.10. The lowest BCUT2D eigenvalue weighted by Crippen LogP contribution is -2.28. The van der Waals surface area contributed by atoms with Crippen LogP contribution in [-0.2, 0) is 4.79 Å². The van der Waals surface area contributed by atoms with Crippen molar-refractivity contribution in [2.45, 2.75) is 34.6 Å². The molecule has 17 heavy (non-hydrogen) atoms. The Labute approximate surface area is 102 Å². The van der Waals surface area contributed by atoms with Gasteiger partial charge in [-0.1, -0.05) is 20.8 Å². The predicted molar refractivity (Wildman–Crippen MR) is 68.7 cm³/mol. The normalized spacial score (nSPS) is 10.8. The van der Waals surface area contributed by atoms with Crippen LogP contribution >= 0.6 is 0 Å². The van der Waals surface area contributed by atoms with E-state index >= 15 is 0 Å². The van der Waals surface area contributed by atoms with Crippen molar-refractivity contribution in [3.63, 3.8) is 0 Å². The molecule has 1 rings (SSSR count). The van der Waals surface area contributed by atoms with E-state index in [0.29, 0.717) is 5.56 Å². The first kappa shape index (κ1) is 13.2. The van der Waals surface area contributed by atoms with Gasteiger partial charge in [0.2, 0.25) is 5.91 Å². The highest BCUT2D eigenvalue weighted by Gasteiger charge is 2.22. The predicted octanol–water partition coefficient (Wildman–Crippen LogP) is 3.16. The zero-order chi connectivity index (χ0) is 13.2. The maximum Gasteiger partial charge on any atom is 0.229 e. The summed E-state index contributed by atoms with van der Waals surface area (Å²) in [6, 6.07) is 5.67. The molecule has 1 aromatic carbocycles. The number of anilines is 1. The van der Waals surface area contributed by atoms with Crippen molar-refractivity contribution in [3.8, 4) is 6.07 Å². The molecule has 0 radical (unpaired) electrons. The summed E-state index contributed by atoms with van der Waals surface area (Å²) in [5.74, 6) is -0.0200. The molecular formula is C14H18N2O. The number of benzene rings is 1. The average Bonchev–Trinajstić information content (AvgIpc) is 2.21. The number of nitrogens with zero attached hydrogens (tertiary/aromatic N) is 1. The summed E-state index contributed by atoms with van der Waals surface area (Å²) in [5.41, 5.74) is 2.84. The van der Waals surface area contributed by atoms with E-state index in [2.05, 4.69) is 11.4 Å². The maximum absolute atomic E-state index is 11.9. The van der Waals surface area contributed by atoms with Crippen molar-refractivity contribution in [2.75, 3.05) is 5.32 Å². The van der Waals surface area contributed by atoms with E-state index in [1.54, 1.807) is 12.1 Å². The molecule has 90 valence electrons. The van der Waals surface area contributed by atoms with Crippen molar-refractivity contribution in [1.29, 1.82) is 5.26 Å². The van der Waals surface area contributed by atoms with Crippen molar-refractivity contribution >= 4 is 11.6 Å². The summed E-state index contributed by atoms with van der Waals surface area (Å²) in [4.78, 5) is 11.9. The van der Waals surface area contributed by atoms with Gasteiger partial charge in [0.25, 0.3) is 0 Å². The number of carbonyl (C=O) groups is 1. The van der Waals surface area contributed by atoms with E-state index in [1.807, 2.05) is 34.6 Å². The number of nitrogens with one attached hydrogen (secondary N) is 1. The van der Waals surface area contributed by atoms with Crippen LogP contribution in [0.5, 0.6) is 0 Å². The lowest BCUT2D eigenvalue weighted by atomic mass is 9.95. The smallest absolute Gasteiger partial charge is 0.229 e. The van der Waals surface area contributed by atoms with Crippen LogP contribution in [0.15, 0.2) is 12.1 Å². The summed E-state index contributed by atoms with van der Waals surface area (Å²) >= 11 is 0. The molecule has 0 aromatic heterocycles. The molecule has 0 fully saturated rings. The first-order valence-electron chi connectivity index (χ1n) is 5.58. The first-order valence-corrected chi connectivity index (χ1v) is 5.58. The molecule has 0 bridgehead atoms. The summed E-state index contributed by atoms with van der Waals surface area (Å²) < 4.78 is 0. The van der Waals surface area contributed by atoms with E-state index in [4.69, 9.17) is 5.26 Å². The van der Waals surface area contributed by atoms with Crippen LogP contribution in [0, 0.1) is 30.6 Å². The molecule has 0 saturated carbocycles. The molecular weight excluding hydrogens is 212 g/mol. The summed E-state index contributed by atoms with van der Waals surface area (Å²) in [6.07, 6.45) is 0. The number of carbonyl (C=O) groups excluding carboxylic acids is 1. The number of hydrogen-bond donors (Lipinski definition) is 1. The number of rotatable bonds is 1. The molecule has 0 spiro atoms. The van der Waals surface area contributed by atoms with Crippen molar-refractivity contribution in [3.05, 3.63) is 28.8 Å². The summed E-state index contributed by atoms with van der Waals surface area (Å²) in [5, 5.41) is 11.8. The fourth-order valence-electron chi connectivity index (χ4n) is 1.53. The molecule has 0 heterocycles. The third-order valence-corrected chi connectivity index (χ3v) is 2.58. The van der Waals surface area contributed by atoms with Gasteiger partial charge in [-0.2, -0.15) is 5.26 Å². The highest BCUT2D eigenvalue weighted by molar-refractivity contribution is 5.95. The topological polar surface area (TPSA) is 52.9 Å². The van der Waals surface area contributed by atoms with E-state index in [9.17, 15) is 4.79 Å². The fourth-order valence-corrected chi connectivity index (χ4v) is 1.53. The third-order valence-electron chi connectivity index (χ3n) is 2.58. The molecule has 0 saturated heterocycles. The second-order valence-electron chi connectivity index (χ2n) is 5.30. The fraction of sp³-hybridized carbons (Fsp3) is 0.429. The SMILES string of the molecule is Cc1cc(C#N)cc(C)c1NC(=O)C(C)(C)C. The number of hydrogen-bond acceptors (Lipinski definition) is 2. The van der Waals surface area contributed by atoms with Crippen LogP contribution in [-0.4, -0.2) is 5.91 Å². The van der Waals surface area contributed by atoms with Crippen molar-refractivity contribution in [2.24, 2.45) is 5.41 Å². The lowest BCUT2D eigenvalue weighted by Gasteiger charge is -2.20. The Morgan fingerprint density at radius 2 is 1.71 bits per heavy atom. The van der Waals surface area contributed by atoms with Gasteiger partial charge in [0.15, 0.2) is 0 Å². The number of amides is 1. The zero-order valence-corrected chi connectivity index (χ0v) is 11.0. The average molecular weight is 230 g/mol. The second kappa shape index (κ2) is 4.58. The van der Waals surface area contributed by atoms with E-state index in [-0.39, 0.29) is 5.91 Å². The van der Waals surface area contributed by atoms with Gasteiger partial charge in [0.1, 0.15) is 0 Å². The van der Waals surface area contributed by atoms with E-state index < -0.39 is 5.41 Å². The summed E-state index contributed by atoms with van der Waals surface area (Å²) in [7, 11) is 0. The van der Waals surface area contributed by atoms with Gasteiger partial charge in [0.05, 0.1) is 11.6 Å². The Bertz CT molecular complexity index is 467. The molecule has 0 aliphatic carbocycles. The Morgan fingerprint density at radius 3 is 2.06 bits per heavy atom. The van der Waals surface area contributed by atoms with E-state index in [0.717, 1.165) is 16.8 Å². The monoisotopic (exact) mass is 230 g/mol. The minimum absolute atomic E-state index is 0.0200. The Hall–Kier alpha value is -1.82. The van der Waals surface area contributed by atoms with Gasteiger partial charge in [-0.15, -0.1) is 0 Å². The second-order valence-corrected chi connectivity index (χ2v) is 5.30. The van der Waals surface area contributed by atoms with Crippen LogP contribution in [0.25, 0.3) is 0 Å². The Kier molecular flexibility index (Phi) is 3.57. The standard InChI is InChI=1S/C14H18N2O/c1-9-6-11(8-15)7-10(2)12(9)16-13(17)14(3,4)5/h6-7H,1-5H3,(H,16,17). The van der Waals surface area contributed by atoms with Crippen LogP contribution in [0.2, 0.25) is 0 Å². The van der Waals surface area contributed by atoms with Crippen LogP contribution in [0.3, 0.4) is 0 Å². The summed E-state index contributed by atoms with van der Waals surface area (Å²) in [6.45, 7) is 9.40. The molecule has 3 nitrogen and oxygen atoms in total. The maximum atomic E-state index is 11.9. The number of nitriles is 1. The minimum atomic E-state index is -0.424.